The summed E-state index contributed by atoms with van der Waals surface area (Å²) in [5, 5.41) is 0.845. The van der Waals surface area contributed by atoms with Crippen molar-refractivity contribution in [2.24, 2.45) is 0 Å². The van der Waals surface area contributed by atoms with Gasteiger partial charge in [0.05, 0.1) is 11.6 Å². The lowest BCUT2D eigenvalue weighted by Gasteiger charge is -2.01. The van der Waals surface area contributed by atoms with Gasteiger partial charge in [-0.05, 0) is 5.92 Å². The highest BCUT2D eigenvalue weighted by atomic mass is 16.3. The summed E-state index contributed by atoms with van der Waals surface area (Å²) in [4.78, 5) is 7.92. The first-order valence-corrected chi connectivity index (χ1v) is 4.17. The molecule has 4 heteroatoms. The lowest BCUT2D eigenvalue weighted by Crippen LogP contribution is -1.94. The van der Waals surface area contributed by atoms with Crippen molar-refractivity contribution < 1.29 is 4.42 Å². The second kappa shape index (κ2) is 2.73. The van der Waals surface area contributed by atoms with Crippen molar-refractivity contribution in [3.63, 3.8) is 0 Å². The molecule has 0 saturated carbocycles. The van der Waals surface area contributed by atoms with E-state index < -0.39 is 0 Å². The van der Waals surface area contributed by atoms with Crippen molar-refractivity contribution in [3.05, 3.63) is 18.2 Å². The third kappa shape index (κ3) is 1.14. The number of fused-ring (bicyclic) bond motifs is 1. The number of hydrogen-bond donors (Lipinski definition) is 1. The number of anilines is 1. The summed E-state index contributed by atoms with van der Waals surface area (Å²) in [7, 11) is 0. The molecule has 0 unspecified atom stereocenters. The van der Waals surface area contributed by atoms with E-state index in [1.807, 2.05) is 0 Å². The summed E-state index contributed by atoms with van der Waals surface area (Å²) in [6.07, 6.45) is 3.10. The van der Waals surface area contributed by atoms with Crippen LogP contribution in [0.2, 0.25) is 0 Å². The van der Waals surface area contributed by atoms with E-state index in [9.17, 15) is 0 Å². The second-order valence-electron chi connectivity index (χ2n) is 3.28. The van der Waals surface area contributed by atoms with Crippen molar-refractivity contribution in [1.82, 2.24) is 9.97 Å². The third-order valence-electron chi connectivity index (χ3n) is 2.05. The van der Waals surface area contributed by atoms with Gasteiger partial charge in [-0.2, -0.15) is 0 Å². The Bertz CT molecular complexity index is 433. The molecule has 4 nitrogen and oxygen atoms in total. The molecule has 0 aromatic carbocycles. The molecule has 2 heterocycles. The van der Waals surface area contributed by atoms with Crippen molar-refractivity contribution in [2.75, 3.05) is 5.73 Å². The fourth-order valence-electron chi connectivity index (χ4n) is 1.35. The van der Waals surface area contributed by atoms with E-state index in [0.29, 0.717) is 17.4 Å². The Balaban J connectivity index is 2.79. The largest absolute Gasteiger partial charge is 0.446 e. The molecular formula is C9H11N3O. The van der Waals surface area contributed by atoms with Crippen molar-refractivity contribution >= 4 is 16.9 Å². The molecule has 0 aliphatic heterocycles. The zero-order chi connectivity index (χ0) is 9.42. The molecule has 2 aromatic rings. The van der Waals surface area contributed by atoms with Crippen LogP contribution in [0.15, 0.2) is 17.0 Å². The Morgan fingerprint density at radius 3 is 2.85 bits per heavy atom. The summed E-state index contributed by atoms with van der Waals surface area (Å²) >= 11 is 0. The predicted molar refractivity (Wildman–Crippen MR) is 50.3 cm³/mol. The number of nitrogen functional groups attached to an aromatic ring is 1. The van der Waals surface area contributed by atoms with Gasteiger partial charge in [-0.1, -0.05) is 13.8 Å². The van der Waals surface area contributed by atoms with Crippen LogP contribution in [-0.4, -0.2) is 9.97 Å². The van der Waals surface area contributed by atoms with Gasteiger partial charge >= 0.3 is 0 Å². The quantitative estimate of drug-likeness (QED) is 0.722. The molecule has 0 aliphatic carbocycles. The van der Waals surface area contributed by atoms with Crippen LogP contribution < -0.4 is 5.73 Å². The Kier molecular flexibility index (Phi) is 1.69. The molecule has 0 aliphatic rings. The Morgan fingerprint density at radius 2 is 2.15 bits per heavy atom. The van der Waals surface area contributed by atoms with E-state index >= 15 is 0 Å². The van der Waals surface area contributed by atoms with Crippen molar-refractivity contribution in [1.29, 1.82) is 0 Å². The van der Waals surface area contributed by atoms with Crippen LogP contribution >= 0.6 is 0 Å². The van der Waals surface area contributed by atoms with E-state index in [4.69, 9.17) is 10.2 Å². The van der Waals surface area contributed by atoms with E-state index in [0.717, 1.165) is 10.9 Å². The first kappa shape index (κ1) is 8.04. The predicted octanol–water partition coefficient (Wildman–Crippen LogP) is 1.93. The minimum atomic E-state index is 0.370. The lowest BCUT2D eigenvalue weighted by atomic mass is 10.0. The van der Waals surface area contributed by atoms with Crippen molar-refractivity contribution in [3.8, 4) is 0 Å². The monoisotopic (exact) mass is 177 g/mol. The third-order valence-corrected chi connectivity index (χ3v) is 2.05. The number of nitrogens with zero attached hydrogens (tertiary/aromatic N) is 2. The number of aromatic nitrogens is 2. The number of rotatable bonds is 1. The van der Waals surface area contributed by atoms with Gasteiger partial charge in [0.25, 0.3) is 0 Å². The number of hydrogen-bond acceptors (Lipinski definition) is 4. The zero-order valence-corrected chi connectivity index (χ0v) is 7.61. The van der Waals surface area contributed by atoms with Gasteiger partial charge in [0.15, 0.2) is 0 Å². The second-order valence-corrected chi connectivity index (χ2v) is 3.28. The smallest absolute Gasteiger partial charge is 0.231 e. The van der Waals surface area contributed by atoms with Crippen LogP contribution in [0.4, 0.5) is 5.82 Å². The zero-order valence-electron chi connectivity index (χ0n) is 7.61. The highest BCUT2D eigenvalue weighted by Gasteiger charge is 2.12. The van der Waals surface area contributed by atoms with Crippen LogP contribution in [-0.2, 0) is 0 Å². The fraction of sp³-hybridized carbons (Fsp3) is 0.333. The van der Waals surface area contributed by atoms with Crippen LogP contribution in [0.25, 0.3) is 11.1 Å². The molecular weight excluding hydrogens is 166 g/mol. The maximum atomic E-state index is 5.73. The average Bonchev–Trinajstić information content (AvgIpc) is 2.49. The van der Waals surface area contributed by atoms with Crippen LogP contribution in [0.3, 0.4) is 0 Å². The maximum Gasteiger partial charge on any atom is 0.231 e. The summed E-state index contributed by atoms with van der Waals surface area (Å²) in [5.74, 6) is 0.858. The standard InChI is InChI=1S/C9H11N3O/c1-5(2)6-3-13-9-7(6)8(10)11-4-12-9/h3-5H,1-2H3,(H2,10,11,12). The molecule has 68 valence electrons. The minimum Gasteiger partial charge on any atom is -0.446 e. The molecule has 0 fully saturated rings. The minimum absolute atomic E-state index is 0.370. The van der Waals surface area contributed by atoms with Gasteiger partial charge in [-0.25, -0.2) is 9.97 Å². The highest BCUT2D eigenvalue weighted by molar-refractivity contribution is 5.87. The topological polar surface area (TPSA) is 64.9 Å². The van der Waals surface area contributed by atoms with Gasteiger partial charge in [-0.3, -0.25) is 0 Å². The van der Waals surface area contributed by atoms with Gasteiger partial charge in [0.1, 0.15) is 12.1 Å². The normalized spacial score (nSPS) is 11.3. The molecule has 2 aromatic heterocycles. The molecule has 0 radical (unpaired) electrons. The SMILES string of the molecule is CC(C)c1coc2ncnc(N)c12. The first-order chi connectivity index (χ1) is 6.20. The van der Waals surface area contributed by atoms with E-state index in [1.54, 1.807) is 6.26 Å². The lowest BCUT2D eigenvalue weighted by molar-refractivity contribution is 0.594. The van der Waals surface area contributed by atoms with E-state index in [2.05, 4.69) is 23.8 Å². The molecule has 0 bridgehead atoms. The highest BCUT2D eigenvalue weighted by Crippen LogP contribution is 2.28. The summed E-state index contributed by atoms with van der Waals surface area (Å²) in [6, 6.07) is 0. The van der Waals surface area contributed by atoms with Crippen LogP contribution in [0.1, 0.15) is 25.3 Å². The summed E-state index contributed by atoms with van der Waals surface area (Å²) in [5.41, 5.74) is 7.36. The molecule has 2 rings (SSSR count). The molecule has 0 atom stereocenters. The summed E-state index contributed by atoms with van der Waals surface area (Å²) in [6.45, 7) is 4.16. The average molecular weight is 177 g/mol. The Morgan fingerprint density at radius 1 is 1.38 bits per heavy atom. The maximum absolute atomic E-state index is 5.73. The summed E-state index contributed by atoms with van der Waals surface area (Å²) < 4.78 is 5.26. The molecule has 0 spiro atoms. The fourth-order valence-corrected chi connectivity index (χ4v) is 1.35. The molecule has 13 heavy (non-hydrogen) atoms. The first-order valence-electron chi connectivity index (χ1n) is 4.17. The van der Waals surface area contributed by atoms with E-state index in [1.165, 1.54) is 6.33 Å². The van der Waals surface area contributed by atoms with E-state index in [-0.39, 0.29) is 0 Å². The Hall–Kier alpha value is -1.58. The van der Waals surface area contributed by atoms with Gasteiger partial charge in [0.2, 0.25) is 5.71 Å². The van der Waals surface area contributed by atoms with Crippen molar-refractivity contribution in [2.45, 2.75) is 19.8 Å². The van der Waals surface area contributed by atoms with Gasteiger partial charge in [-0.15, -0.1) is 0 Å². The van der Waals surface area contributed by atoms with Crippen LogP contribution in [0, 0.1) is 0 Å². The number of nitrogens with two attached hydrogens (primary N) is 1. The molecule has 2 N–H and O–H groups in total. The molecule has 0 amide bonds. The van der Waals surface area contributed by atoms with Crippen LogP contribution in [0.5, 0.6) is 0 Å². The van der Waals surface area contributed by atoms with Gasteiger partial charge in [0, 0.05) is 5.56 Å². The van der Waals surface area contributed by atoms with Gasteiger partial charge < -0.3 is 10.2 Å². The molecule has 0 saturated heterocycles. The Labute approximate surface area is 75.8 Å². The number of furan rings is 1.